The number of hydrogen-bond donors (Lipinski definition) is 1. The van der Waals surface area contributed by atoms with Crippen LogP contribution < -0.4 is 5.32 Å². The molecule has 0 bridgehead atoms. The van der Waals surface area contributed by atoms with E-state index in [2.05, 4.69) is 46.4 Å². The lowest BCUT2D eigenvalue weighted by Crippen LogP contribution is -2.15. The molecular weight excluding hydrogens is 252 g/mol. The van der Waals surface area contributed by atoms with Gasteiger partial charge in [-0.15, -0.1) is 0 Å². The highest BCUT2D eigenvalue weighted by Gasteiger charge is 2.05. The first-order chi connectivity index (χ1) is 7.17. The number of nitrogens with zero attached hydrogens (tertiary/aromatic N) is 1. The van der Waals surface area contributed by atoms with Crippen LogP contribution in [-0.2, 0) is 6.42 Å². The van der Waals surface area contributed by atoms with Crippen molar-refractivity contribution in [3.05, 3.63) is 28.2 Å². The fourth-order valence-electron chi connectivity index (χ4n) is 1.45. The monoisotopic (exact) mass is 266 g/mol. The Labute approximate surface area is 99.4 Å². The van der Waals surface area contributed by atoms with E-state index in [4.69, 9.17) is 5.26 Å². The van der Waals surface area contributed by atoms with E-state index in [1.807, 2.05) is 13.0 Å². The molecule has 1 unspecified atom stereocenters. The van der Waals surface area contributed by atoms with Crippen molar-refractivity contribution in [1.29, 1.82) is 5.26 Å². The number of hydrogen-bond acceptors (Lipinski definition) is 2. The van der Waals surface area contributed by atoms with Gasteiger partial charge in [-0.1, -0.05) is 22.9 Å². The van der Waals surface area contributed by atoms with Crippen LogP contribution in [0.4, 0.5) is 5.69 Å². The van der Waals surface area contributed by atoms with Crippen LogP contribution in [0.2, 0.25) is 0 Å². The molecule has 1 rings (SSSR count). The molecule has 1 atom stereocenters. The van der Waals surface area contributed by atoms with E-state index in [-0.39, 0.29) is 6.04 Å². The van der Waals surface area contributed by atoms with Crippen molar-refractivity contribution in [2.45, 2.75) is 32.7 Å². The minimum Gasteiger partial charge on any atom is -0.381 e. The van der Waals surface area contributed by atoms with Crippen molar-refractivity contribution in [3.63, 3.8) is 0 Å². The van der Waals surface area contributed by atoms with E-state index >= 15 is 0 Å². The number of nitriles is 1. The van der Waals surface area contributed by atoms with Gasteiger partial charge in [0.15, 0.2) is 0 Å². The summed E-state index contributed by atoms with van der Waals surface area (Å²) >= 11 is 3.45. The highest BCUT2D eigenvalue weighted by atomic mass is 79.9. The Morgan fingerprint density at radius 2 is 2.27 bits per heavy atom. The van der Waals surface area contributed by atoms with Crippen molar-refractivity contribution < 1.29 is 0 Å². The van der Waals surface area contributed by atoms with Gasteiger partial charge in [-0.2, -0.15) is 5.26 Å². The zero-order valence-electron chi connectivity index (χ0n) is 9.05. The standard InChI is InChI=1S/C12H15BrN2/c1-3-10-8-11(13)4-5-12(10)15-9(2)6-7-14/h4-5,8-9,15H,3,6H2,1-2H3. The van der Waals surface area contributed by atoms with Gasteiger partial charge in [0.1, 0.15) is 0 Å². The van der Waals surface area contributed by atoms with Crippen molar-refractivity contribution in [1.82, 2.24) is 0 Å². The average Bonchev–Trinajstić information content (AvgIpc) is 2.21. The van der Waals surface area contributed by atoms with Gasteiger partial charge < -0.3 is 5.32 Å². The second-order valence-corrected chi connectivity index (χ2v) is 4.48. The Morgan fingerprint density at radius 3 is 2.87 bits per heavy atom. The van der Waals surface area contributed by atoms with Crippen LogP contribution >= 0.6 is 15.9 Å². The first kappa shape index (κ1) is 12.1. The summed E-state index contributed by atoms with van der Waals surface area (Å²) in [5, 5.41) is 11.9. The predicted molar refractivity (Wildman–Crippen MR) is 66.8 cm³/mol. The van der Waals surface area contributed by atoms with Crippen LogP contribution in [0, 0.1) is 11.3 Å². The number of aryl methyl sites for hydroxylation is 1. The first-order valence-corrected chi connectivity index (χ1v) is 5.88. The maximum absolute atomic E-state index is 8.59. The van der Waals surface area contributed by atoms with E-state index in [1.165, 1.54) is 5.56 Å². The summed E-state index contributed by atoms with van der Waals surface area (Å²) in [6.45, 7) is 4.15. The number of rotatable bonds is 4. The van der Waals surface area contributed by atoms with Gasteiger partial charge in [0, 0.05) is 16.2 Å². The van der Waals surface area contributed by atoms with E-state index in [1.54, 1.807) is 0 Å². The fraction of sp³-hybridized carbons (Fsp3) is 0.417. The quantitative estimate of drug-likeness (QED) is 0.902. The Balaban J connectivity index is 2.81. The van der Waals surface area contributed by atoms with Crippen molar-refractivity contribution in [3.8, 4) is 6.07 Å². The molecule has 2 nitrogen and oxygen atoms in total. The molecule has 0 amide bonds. The summed E-state index contributed by atoms with van der Waals surface area (Å²) in [7, 11) is 0. The second-order valence-electron chi connectivity index (χ2n) is 3.56. The number of anilines is 1. The molecule has 0 radical (unpaired) electrons. The maximum Gasteiger partial charge on any atom is 0.0643 e. The second kappa shape index (κ2) is 5.77. The summed E-state index contributed by atoms with van der Waals surface area (Å²) in [5.41, 5.74) is 2.40. The topological polar surface area (TPSA) is 35.8 Å². The third-order valence-corrected chi connectivity index (χ3v) is 2.74. The highest BCUT2D eigenvalue weighted by Crippen LogP contribution is 2.22. The third kappa shape index (κ3) is 3.56. The predicted octanol–water partition coefficient (Wildman–Crippen LogP) is 3.73. The smallest absolute Gasteiger partial charge is 0.0643 e. The normalized spacial score (nSPS) is 11.9. The molecule has 0 aliphatic carbocycles. The molecule has 0 aliphatic heterocycles. The Hall–Kier alpha value is -1.01. The largest absolute Gasteiger partial charge is 0.381 e. The lowest BCUT2D eigenvalue weighted by molar-refractivity contribution is 0.818. The Morgan fingerprint density at radius 1 is 1.53 bits per heavy atom. The van der Waals surface area contributed by atoms with Gasteiger partial charge in [-0.05, 0) is 37.1 Å². The van der Waals surface area contributed by atoms with Crippen LogP contribution in [0.25, 0.3) is 0 Å². The minimum absolute atomic E-state index is 0.196. The molecule has 80 valence electrons. The van der Waals surface area contributed by atoms with Gasteiger partial charge in [-0.3, -0.25) is 0 Å². The average molecular weight is 267 g/mol. The molecule has 0 fully saturated rings. The third-order valence-electron chi connectivity index (χ3n) is 2.25. The van der Waals surface area contributed by atoms with Gasteiger partial charge in [0.05, 0.1) is 12.5 Å². The van der Waals surface area contributed by atoms with Crippen LogP contribution in [-0.4, -0.2) is 6.04 Å². The van der Waals surface area contributed by atoms with Gasteiger partial charge in [0.2, 0.25) is 0 Å². The summed E-state index contributed by atoms with van der Waals surface area (Å²) in [6, 6.07) is 8.54. The highest BCUT2D eigenvalue weighted by molar-refractivity contribution is 9.10. The molecule has 0 saturated heterocycles. The van der Waals surface area contributed by atoms with E-state index in [0.717, 1.165) is 16.6 Å². The SMILES string of the molecule is CCc1cc(Br)ccc1NC(C)CC#N. The van der Waals surface area contributed by atoms with Crippen LogP contribution in [0.1, 0.15) is 25.8 Å². The summed E-state index contributed by atoms with van der Waals surface area (Å²) in [5.74, 6) is 0. The zero-order chi connectivity index (χ0) is 11.3. The molecule has 0 spiro atoms. The lowest BCUT2D eigenvalue weighted by Gasteiger charge is -2.15. The molecule has 0 aliphatic rings. The molecule has 0 aromatic heterocycles. The maximum atomic E-state index is 8.59. The number of nitrogens with one attached hydrogen (secondary N) is 1. The molecule has 1 aromatic rings. The van der Waals surface area contributed by atoms with E-state index in [9.17, 15) is 0 Å². The van der Waals surface area contributed by atoms with E-state index in [0.29, 0.717) is 6.42 Å². The molecule has 0 saturated carbocycles. The van der Waals surface area contributed by atoms with Gasteiger partial charge >= 0.3 is 0 Å². The molecule has 0 heterocycles. The lowest BCUT2D eigenvalue weighted by atomic mass is 10.1. The van der Waals surface area contributed by atoms with Crippen molar-refractivity contribution in [2.75, 3.05) is 5.32 Å². The Bertz CT molecular complexity index is 368. The van der Waals surface area contributed by atoms with Gasteiger partial charge in [-0.25, -0.2) is 0 Å². The molecule has 15 heavy (non-hydrogen) atoms. The fourth-order valence-corrected chi connectivity index (χ4v) is 1.86. The van der Waals surface area contributed by atoms with Crippen molar-refractivity contribution >= 4 is 21.6 Å². The van der Waals surface area contributed by atoms with E-state index < -0.39 is 0 Å². The van der Waals surface area contributed by atoms with Crippen LogP contribution in [0.5, 0.6) is 0 Å². The van der Waals surface area contributed by atoms with Crippen LogP contribution in [0.15, 0.2) is 22.7 Å². The summed E-state index contributed by atoms with van der Waals surface area (Å²) < 4.78 is 1.10. The summed E-state index contributed by atoms with van der Waals surface area (Å²) in [6.07, 6.45) is 1.51. The molecule has 3 heteroatoms. The molecular formula is C12H15BrN2. The van der Waals surface area contributed by atoms with Crippen molar-refractivity contribution in [2.24, 2.45) is 0 Å². The van der Waals surface area contributed by atoms with Gasteiger partial charge in [0.25, 0.3) is 0 Å². The molecule has 1 N–H and O–H groups in total. The first-order valence-electron chi connectivity index (χ1n) is 5.09. The Kier molecular flexibility index (Phi) is 4.64. The number of benzene rings is 1. The zero-order valence-corrected chi connectivity index (χ0v) is 10.6. The molecule has 1 aromatic carbocycles. The van der Waals surface area contributed by atoms with Crippen LogP contribution in [0.3, 0.4) is 0 Å². The summed E-state index contributed by atoms with van der Waals surface area (Å²) in [4.78, 5) is 0. The minimum atomic E-state index is 0.196. The number of halogens is 1.